The number of ether oxygens (including phenoxy) is 1. The molecule has 0 aliphatic carbocycles. The zero-order valence-electron chi connectivity index (χ0n) is 10.4. The van der Waals surface area contributed by atoms with Crippen LogP contribution in [-0.4, -0.2) is 12.6 Å². The fourth-order valence-electron chi connectivity index (χ4n) is 2.12. The monoisotopic (exact) mass is 253 g/mol. The number of anilines is 1. The number of guanidine groups is 1. The van der Waals surface area contributed by atoms with Gasteiger partial charge in [-0.15, -0.1) is 0 Å². The van der Waals surface area contributed by atoms with Crippen LogP contribution in [0, 0.1) is 0 Å². The van der Waals surface area contributed by atoms with Crippen LogP contribution in [0.5, 0.6) is 5.75 Å². The molecule has 96 valence electrons. The van der Waals surface area contributed by atoms with Crippen molar-refractivity contribution < 1.29 is 4.74 Å². The number of nitrogens with two attached hydrogens (primary N) is 1. The molecule has 0 saturated carbocycles. The first-order valence-corrected chi connectivity index (χ1v) is 6.20. The van der Waals surface area contributed by atoms with Gasteiger partial charge in [-0.1, -0.05) is 36.4 Å². The summed E-state index contributed by atoms with van der Waals surface area (Å²) in [5, 5.41) is 3.07. The van der Waals surface area contributed by atoms with Gasteiger partial charge < -0.3 is 15.8 Å². The number of rotatable bonds is 2. The molecule has 1 heterocycles. The summed E-state index contributed by atoms with van der Waals surface area (Å²) in [6, 6.07) is 17.6. The van der Waals surface area contributed by atoms with Crippen LogP contribution >= 0.6 is 0 Å². The highest BCUT2D eigenvalue weighted by Gasteiger charge is 2.23. The average molecular weight is 253 g/mol. The Labute approximate surface area is 111 Å². The third kappa shape index (κ3) is 2.52. The third-order valence-corrected chi connectivity index (χ3v) is 3.02. The number of nitrogens with zero attached hydrogens (tertiary/aromatic N) is 1. The van der Waals surface area contributed by atoms with Crippen molar-refractivity contribution in [2.24, 2.45) is 10.7 Å². The van der Waals surface area contributed by atoms with Crippen LogP contribution in [0.4, 0.5) is 5.69 Å². The zero-order chi connectivity index (χ0) is 13.1. The van der Waals surface area contributed by atoms with E-state index in [4.69, 9.17) is 10.5 Å². The molecule has 0 saturated heterocycles. The van der Waals surface area contributed by atoms with E-state index in [1.54, 1.807) is 0 Å². The second-order valence-corrected chi connectivity index (χ2v) is 4.37. The molecule has 0 fully saturated rings. The molecule has 0 bridgehead atoms. The minimum absolute atomic E-state index is 0.0348. The molecule has 1 atom stereocenters. The van der Waals surface area contributed by atoms with Crippen molar-refractivity contribution in [1.82, 2.24) is 0 Å². The Morgan fingerprint density at radius 1 is 1.11 bits per heavy atom. The Balaban J connectivity index is 1.76. The van der Waals surface area contributed by atoms with Gasteiger partial charge in [-0.05, 0) is 18.2 Å². The topological polar surface area (TPSA) is 59.6 Å². The van der Waals surface area contributed by atoms with E-state index < -0.39 is 0 Å². The number of benzene rings is 2. The fourth-order valence-corrected chi connectivity index (χ4v) is 2.12. The van der Waals surface area contributed by atoms with Crippen LogP contribution < -0.4 is 15.8 Å². The lowest BCUT2D eigenvalue weighted by atomic mass is 10.1. The molecule has 0 aromatic heterocycles. The lowest BCUT2D eigenvalue weighted by Crippen LogP contribution is -2.23. The number of para-hydroxylation sites is 2. The summed E-state index contributed by atoms with van der Waals surface area (Å²) in [5.41, 5.74) is 7.94. The van der Waals surface area contributed by atoms with Gasteiger partial charge in [0.1, 0.15) is 18.4 Å². The Morgan fingerprint density at radius 2 is 1.84 bits per heavy atom. The molecule has 1 unspecified atom stereocenters. The maximum Gasteiger partial charge on any atom is 0.193 e. The molecule has 19 heavy (non-hydrogen) atoms. The maximum atomic E-state index is 5.93. The summed E-state index contributed by atoms with van der Waals surface area (Å²) < 4.78 is 5.57. The molecule has 3 rings (SSSR count). The molecule has 0 amide bonds. The quantitative estimate of drug-likeness (QED) is 0.638. The van der Waals surface area contributed by atoms with Crippen molar-refractivity contribution in [2.45, 2.75) is 6.04 Å². The zero-order valence-corrected chi connectivity index (χ0v) is 10.4. The van der Waals surface area contributed by atoms with Gasteiger partial charge in [0.25, 0.3) is 0 Å². The second-order valence-electron chi connectivity index (χ2n) is 4.37. The van der Waals surface area contributed by atoms with E-state index in [9.17, 15) is 0 Å². The predicted molar refractivity (Wildman–Crippen MR) is 76.4 cm³/mol. The second kappa shape index (κ2) is 5.02. The van der Waals surface area contributed by atoms with E-state index in [0.29, 0.717) is 12.6 Å². The molecule has 1 aliphatic rings. The molecule has 4 nitrogen and oxygen atoms in total. The van der Waals surface area contributed by atoms with Gasteiger partial charge in [0, 0.05) is 11.3 Å². The number of fused-ring (bicyclic) bond motifs is 1. The summed E-state index contributed by atoms with van der Waals surface area (Å²) in [7, 11) is 0. The van der Waals surface area contributed by atoms with E-state index in [1.165, 1.54) is 0 Å². The van der Waals surface area contributed by atoms with Gasteiger partial charge >= 0.3 is 0 Å². The maximum absolute atomic E-state index is 5.93. The molecule has 3 N–H and O–H groups in total. The van der Waals surface area contributed by atoms with Crippen LogP contribution in [0.2, 0.25) is 0 Å². The number of nitrogens with one attached hydrogen (secondary N) is 1. The van der Waals surface area contributed by atoms with E-state index in [-0.39, 0.29) is 6.04 Å². The first kappa shape index (κ1) is 11.6. The Kier molecular flexibility index (Phi) is 3.06. The molecule has 1 aliphatic heterocycles. The van der Waals surface area contributed by atoms with Gasteiger partial charge in [-0.2, -0.15) is 0 Å². The van der Waals surface area contributed by atoms with Crippen LogP contribution in [-0.2, 0) is 0 Å². The smallest absolute Gasteiger partial charge is 0.193 e. The summed E-state index contributed by atoms with van der Waals surface area (Å²) in [6.07, 6.45) is 0. The summed E-state index contributed by atoms with van der Waals surface area (Å²) in [4.78, 5) is 4.47. The van der Waals surface area contributed by atoms with Crippen molar-refractivity contribution in [1.29, 1.82) is 0 Å². The van der Waals surface area contributed by atoms with Gasteiger partial charge in [0.05, 0.1) is 0 Å². The highest BCUT2D eigenvalue weighted by atomic mass is 16.5. The highest BCUT2D eigenvalue weighted by Crippen LogP contribution is 2.34. The molecular weight excluding hydrogens is 238 g/mol. The number of aliphatic imine (C=N–C) groups is 1. The lowest BCUT2D eigenvalue weighted by molar-refractivity contribution is 0.334. The average Bonchev–Trinajstić information content (AvgIpc) is 2.83. The Hall–Kier alpha value is -2.49. The first-order valence-electron chi connectivity index (χ1n) is 6.20. The van der Waals surface area contributed by atoms with E-state index >= 15 is 0 Å². The fraction of sp³-hybridized carbons (Fsp3) is 0.133. The minimum atomic E-state index is -0.0348. The summed E-state index contributed by atoms with van der Waals surface area (Å²) in [5.74, 6) is 1.29. The molecule has 4 heteroatoms. The minimum Gasteiger partial charge on any atom is -0.491 e. The molecule has 2 aromatic rings. The van der Waals surface area contributed by atoms with Crippen LogP contribution in [0.3, 0.4) is 0 Å². The van der Waals surface area contributed by atoms with Crippen LogP contribution in [0.1, 0.15) is 11.6 Å². The van der Waals surface area contributed by atoms with Crippen molar-refractivity contribution >= 4 is 11.6 Å². The van der Waals surface area contributed by atoms with Crippen molar-refractivity contribution in [3.8, 4) is 5.75 Å². The summed E-state index contributed by atoms with van der Waals surface area (Å²) >= 11 is 0. The van der Waals surface area contributed by atoms with Crippen molar-refractivity contribution in [3.63, 3.8) is 0 Å². The lowest BCUT2D eigenvalue weighted by Gasteiger charge is -2.08. The standard InChI is InChI=1S/C15H15N3O/c16-15(17-11-6-2-1-3-7-11)18-13-10-19-14-9-5-4-8-12(13)14/h1-9,13H,10H2,(H3,16,17,18). The SMILES string of the molecule is NC(=NC1COc2ccccc21)Nc1ccccc1. The predicted octanol–water partition coefficient (Wildman–Crippen LogP) is 2.55. The molecule has 0 radical (unpaired) electrons. The van der Waals surface area contributed by atoms with Crippen molar-refractivity contribution in [3.05, 3.63) is 60.2 Å². The number of hydrogen-bond donors (Lipinski definition) is 2. The van der Waals surface area contributed by atoms with Gasteiger partial charge in [-0.25, -0.2) is 4.99 Å². The van der Waals surface area contributed by atoms with E-state index in [1.807, 2.05) is 54.6 Å². The molecule has 2 aromatic carbocycles. The molecule has 0 spiro atoms. The first-order chi connectivity index (χ1) is 9.33. The highest BCUT2D eigenvalue weighted by molar-refractivity contribution is 5.92. The van der Waals surface area contributed by atoms with Gasteiger partial charge in [-0.3, -0.25) is 0 Å². The van der Waals surface area contributed by atoms with Crippen LogP contribution in [0.25, 0.3) is 0 Å². The summed E-state index contributed by atoms with van der Waals surface area (Å²) in [6.45, 7) is 0.538. The number of hydrogen-bond acceptors (Lipinski definition) is 2. The third-order valence-electron chi connectivity index (χ3n) is 3.02. The Morgan fingerprint density at radius 3 is 2.68 bits per heavy atom. The Bertz CT molecular complexity index is 595. The van der Waals surface area contributed by atoms with Gasteiger partial charge in [0.2, 0.25) is 0 Å². The van der Waals surface area contributed by atoms with Crippen molar-refractivity contribution in [2.75, 3.05) is 11.9 Å². The van der Waals surface area contributed by atoms with E-state index in [0.717, 1.165) is 17.0 Å². The largest absolute Gasteiger partial charge is 0.491 e. The molecular formula is C15H15N3O. The van der Waals surface area contributed by atoms with E-state index in [2.05, 4.69) is 10.3 Å². The normalized spacial score (nSPS) is 17.7. The van der Waals surface area contributed by atoms with Gasteiger partial charge in [0.15, 0.2) is 5.96 Å². The van der Waals surface area contributed by atoms with Crippen LogP contribution in [0.15, 0.2) is 59.6 Å².